The Morgan fingerprint density at radius 3 is 1.22 bits per heavy atom. The zero-order valence-corrected chi connectivity index (χ0v) is 50.3. The number of halogens is 3. The highest BCUT2D eigenvalue weighted by molar-refractivity contribution is 5.78. The van der Waals surface area contributed by atoms with Crippen LogP contribution in [0.15, 0.2) is 11.9 Å². The van der Waals surface area contributed by atoms with Gasteiger partial charge in [0.25, 0.3) is 0 Å². The van der Waals surface area contributed by atoms with Crippen LogP contribution in [0.25, 0.3) is 0 Å². The van der Waals surface area contributed by atoms with E-state index >= 15 is 0 Å². The summed E-state index contributed by atoms with van der Waals surface area (Å²) in [5, 5.41) is 26.7. The lowest BCUT2D eigenvalue weighted by molar-refractivity contribution is -0.124. The van der Waals surface area contributed by atoms with E-state index in [1.165, 1.54) is 25.7 Å². The van der Waals surface area contributed by atoms with E-state index in [1.54, 1.807) is 13.0 Å². The maximum absolute atomic E-state index is 12.3. The van der Waals surface area contributed by atoms with Crippen LogP contribution in [-0.4, -0.2) is 119 Å². The fourth-order valence-electron chi connectivity index (χ4n) is 11.4. The Morgan fingerprint density at radius 1 is 0.494 bits per heavy atom. The second-order valence-corrected chi connectivity index (χ2v) is 25.4. The molecule has 18 nitrogen and oxygen atoms in total. The molecule has 478 valence electrons. The normalized spacial score (nSPS) is 34.7. The first-order valence-corrected chi connectivity index (χ1v) is 31.4. The summed E-state index contributed by atoms with van der Waals surface area (Å²) in [5.41, 5.74) is 66.1. The number of primary amides is 2. The zero-order valence-electron chi connectivity index (χ0n) is 50.3. The fourth-order valence-corrected chi connectivity index (χ4v) is 11.4. The minimum Gasteiger partial charge on any atom is -0.396 e. The topological polar surface area (TPSA) is 424 Å². The summed E-state index contributed by atoms with van der Waals surface area (Å²) in [4.78, 5) is 31.8. The van der Waals surface area contributed by atoms with Gasteiger partial charge in [-0.2, -0.15) is 0 Å². The van der Waals surface area contributed by atoms with Gasteiger partial charge in [0.2, 0.25) is 17.7 Å². The van der Waals surface area contributed by atoms with E-state index in [2.05, 4.69) is 0 Å². The lowest BCUT2D eigenvalue weighted by Gasteiger charge is -2.29. The minimum absolute atomic E-state index is 0.00620. The molecule has 2 amide bonds. The van der Waals surface area contributed by atoms with E-state index < -0.39 is 5.92 Å². The smallest absolute Gasteiger partial charge is 0.248 e. The molecule has 0 spiro atoms. The van der Waals surface area contributed by atoms with E-state index in [9.17, 15) is 32.7 Å². The van der Waals surface area contributed by atoms with Crippen molar-refractivity contribution in [2.24, 2.45) is 104 Å². The molecule has 9 aliphatic carbocycles. The van der Waals surface area contributed by atoms with Gasteiger partial charge in [0.1, 0.15) is 5.78 Å². The highest BCUT2D eigenvalue weighted by Gasteiger charge is 2.34. The third-order valence-corrected chi connectivity index (χ3v) is 17.9. The summed E-state index contributed by atoms with van der Waals surface area (Å²) in [6.45, 7) is 4.24. The van der Waals surface area contributed by atoms with Crippen molar-refractivity contribution < 1.29 is 42.9 Å². The number of carbonyl (C=O) groups excluding carboxylic acids is 3. The van der Waals surface area contributed by atoms with E-state index in [0.717, 1.165) is 148 Å². The Morgan fingerprint density at radius 2 is 0.914 bits per heavy atom. The number of ketones is 1. The monoisotopic (exact) mass is 1160 g/mol. The van der Waals surface area contributed by atoms with Gasteiger partial charge in [0, 0.05) is 111 Å². The van der Waals surface area contributed by atoms with Crippen molar-refractivity contribution in [3.63, 3.8) is 0 Å². The minimum atomic E-state index is -2.42. The first-order chi connectivity index (χ1) is 38.1. The van der Waals surface area contributed by atoms with Crippen LogP contribution in [-0.2, 0) is 14.4 Å². The number of nitrogens with two attached hydrogens (primary N) is 12. The van der Waals surface area contributed by atoms with Crippen LogP contribution in [0.2, 0.25) is 0 Å². The number of carbonyl (C=O) groups is 3. The Kier molecular flexibility index (Phi) is 40.9. The van der Waals surface area contributed by atoms with E-state index in [0.29, 0.717) is 98.6 Å². The third kappa shape index (κ3) is 37.6. The highest BCUT2D eigenvalue weighted by atomic mass is 19.3. The molecule has 6 unspecified atom stereocenters. The van der Waals surface area contributed by atoms with Gasteiger partial charge < -0.3 is 84.1 Å². The highest BCUT2D eigenvalue weighted by Crippen LogP contribution is 2.32. The van der Waals surface area contributed by atoms with Gasteiger partial charge in [-0.1, -0.05) is 25.3 Å². The van der Waals surface area contributed by atoms with Crippen LogP contribution < -0.4 is 68.8 Å². The van der Waals surface area contributed by atoms with Gasteiger partial charge in [0.05, 0.1) is 11.9 Å². The molecular weight excluding hydrogens is 1040 g/mol. The van der Waals surface area contributed by atoms with Crippen LogP contribution in [0.3, 0.4) is 0 Å². The number of allylic oxidation sites excluding steroid dienone is 1. The Hall–Kier alpha value is -2.38. The van der Waals surface area contributed by atoms with Gasteiger partial charge in [-0.3, -0.25) is 14.4 Å². The SMILES string of the molecule is CC(=O)C1CCC(N)CC1.CC(O)C1CCC(N)CC1.NC(=O)C1CC(N)C1.NC(=O)C1CCC(N)CC1.NC1CC=C(F)CC1.NC1CCC(CO)CC1.NC1CCC(F)(F)CC1.NC1CCCC(CO)C1.NC1CCCCC1N. The Bertz CT molecular complexity index is 1610. The Labute approximate surface area is 486 Å². The second kappa shape index (κ2) is 43.3. The summed E-state index contributed by atoms with van der Waals surface area (Å²) in [6, 6.07) is 2.84. The number of rotatable bonds is 6. The lowest BCUT2D eigenvalue weighted by atomic mass is 9.80. The van der Waals surface area contributed by atoms with E-state index in [-0.39, 0.29) is 78.6 Å². The predicted molar refractivity (Wildman–Crippen MR) is 322 cm³/mol. The van der Waals surface area contributed by atoms with Gasteiger partial charge >= 0.3 is 0 Å². The quantitative estimate of drug-likeness (QED) is 0.161. The molecule has 0 aromatic heterocycles. The van der Waals surface area contributed by atoms with Gasteiger partial charge in [-0.25, -0.2) is 13.2 Å². The number of hydrogen-bond acceptors (Lipinski definition) is 16. The van der Waals surface area contributed by atoms with Crippen molar-refractivity contribution in [3.05, 3.63) is 11.9 Å². The average molecular weight is 1160 g/mol. The number of Topliss-reactive ketones (excluding diaryl/α,β-unsaturated/α-hetero) is 1. The van der Waals surface area contributed by atoms with Gasteiger partial charge in [-0.15, -0.1) is 0 Å². The van der Waals surface area contributed by atoms with Crippen LogP contribution >= 0.6 is 0 Å². The third-order valence-electron chi connectivity index (χ3n) is 17.9. The summed E-state index contributed by atoms with van der Waals surface area (Å²) in [5.74, 6) is -0.393. The van der Waals surface area contributed by atoms with E-state index in [4.69, 9.17) is 79.0 Å². The van der Waals surface area contributed by atoms with Gasteiger partial charge in [-0.05, 0) is 205 Å². The molecule has 27 N–H and O–H groups in total. The second-order valence-electron chi connectivity index (χ2n) is 25.4. The molecular formula is C60H121F3N12O6. The maximum Gasteiger partial charge on any atom is 0.248 e. The zero-order chi connectivity index (χ0) is 61.1. The molecule has 0 aromatic carbocycles. The first kappa shape index (κ1) is 76.6. The fraction of sp³-hybridized carbons (Fsp3) is 0.917. The van der Waals surface area contributed by atoms with Crippen LogP contribution in [0, 0.1) is 35.5 Å². The van der Waals surface area contributed by atoms with Crippen LogP contribution in [0.1, 0.15) is 226 Å². The molecule has 0 heterocycles. The molecule has 0 radical (unpaired) electrons. The molecule has 0 aromatic rings. The van der Waals surface area contributed by atoms with Crippen molar-refractivity contribution in [2.45, 2.75) is 298 Å². The van der Waals surface area contributed by atoms with Gasteiger partial charge in [0.15, 0.2) is 0 Å². The molecule has 9 rings (SSSR count). The van der Waals surface area contributed by atoms with Crippen LogP contribution in [0.4, 0.5) is 13.2 Å². The first-order valence-electron chi connectivity index (χ1n) is 31.4. The largest absolute Gasteiger partial charge is 0.396 e. The molecule has 0 saturated heterocycles. The molecule has 8 fully saturated rings. The number of aliphatic hydroxyl groups excluding tert-OH is 3. The molecule has 81 heavy (non-hydrogen) atoms. The molecule has 9 aliphatic rings. The number of amides is 2. The molecule has 0 bridgehead atoms. The summed E-state index contributed by atoms with van der Waals surface area (Å²) >= 11 is 0. The standard InChI is InChI=1S/C8H17NO.C8H15NO.C7H14N2O.2C7H15NO.C6H11F2N.C6H10FN.C6H14N2.C5H10N2O/c2*1-6(10)7-2-4-8(9)5-3-7;8-6-3-1-5(2-4-6)7(9)10;8-7-3-1-6(5-9)2-4-7;8-7-3-1-2-6(4-7)5-9;7-6(8)3-1-5(9)2-4-6;7-5-1-3-6(8)4-2-5;7-5-3-1-2-4-6(5)8;6-4-1-3(2-4)5(7)8/h6-8,10H,2-5,9H2,1H3;7-8H,2-5,9H2,1H3;5-6H,1-4,8H2,(H2,9,10);2*6-7,9H,1-5,8H2;5H,1-4,9H2;1,6H,2-4,8H2;5-6H,1-4,7-8H2;3-4H,1-2,6H2,(H2,7,8). The average Bonchev–Trinajstić information content (AvgIpc) is 3.43. The molecule has 8 saturated carbocycles. The number of hydrogen-bond donors (Lipinski definition) is 15. The number of alkyl halides is 2. The van der Waals surface area contributed by atoms with Crippen LogP contribution in [0.5, 0.6) is 0 Å². The predicted octanol–water partition coefficient (Wildman–Crippen LogP) is 5.26. The van der Waals surface area contributed by atoms with Crippen molar-refractivity contribution in [2.75, 3.05) is 13.2 Å². The van der Waals surface area contributed by atoms with E-state index in [1.807, 2.05) is 6.92 Å². The van der Waals surface area contributed by atoms with Crippen molar-refractivity contribution in [1.29, 1.82) is 0 Å². The lowest BCUT2D eigenvalue weighted by Crippen LogP contribution is -2.43. The maximum atomic E-state index is 12.3. The molecule has 21 heteroatoms. The number of aliphatic hydroxyl groups is 3. The molecule has 6 atom stereocenters. The summed E-state index contributed by atoms with van der Waals surface area (Å²) < 4.78 is 36.8. The van der Waals surface area contributed by atoms with Crippen molar-refractivity contribution in [3.8, 4) is 0 Å². The summed E-state index contributed by atoms with van der Waals surface area (Å²) in [7, 11) is 0. The van der Waals surface area contributed by atoms with Crippen molar-refractivity contribution in [1.82, 2.24) is 0 Å². The summed E-state index contributed by atoms with van der Waals surface area (Å²) in [6.07, 6.45) is 32.0. The Balaban J connectivity index is 0.000000456. The van der Waals surface area contributed by atoms with Crippen molar-refractivity contribution >= 4 is 17.6 Å². The molecule has 0 aliphatic heterocycles.